The summed E-state index contributed by atoms with van der Waals surface area (Å²) in [6, 6.07) is 10.3. The third kappa shape index (κ3) is 5.30. The summed E-state index contributed by atoms with van der Waals surface area (Å²) in [5.41, 5.74) is 0.0324. The number of aromatic nitrogens is 1. The molecular formula is C19H23N3O6S. The van der Waals surface area contributed by atoms with Crippen molar-refractivity contribution in [2.24, 2.45) is 0 Å². The second-order valence-corrected chi connectivity index (χ2v) is 8.53. The van der Waals surface area contributed by atoms with E-state index >= 15 is 0 Å². The Morgan fingerprint density at radius 2 is 1.83 bits per heavy atom. The summed E-state index contributed by atoms with van der Waals surface area (Å²) in [4.78, 5) is 24.0. The highest BCUT2D eigenvalue weighted by molar-refractivity contribution is 7.89. The van der Waals surface area contributed by atoms with Gasteiger partial charge in [0.15, 0.2) is 0 Å². The van der Waals surface area contributed by atoms with Gasteiger partial charge in [-0.25, -0.2) is 8.42 Å². The van der Waals surface area contributed by atoms with Gasteiger partial charge in [-0.3, -0.25) is 9.59 Å². The van der Waals surface area contributed by atoms with Gasteiger partial charge in [-0.15, -0.1) is 0 Å². The minimum Gasteiger partial charge on any atom is -0.389 e. The number of rotatable bonds is 7. The van der Waals surface area contributed by atoms with Gasteiger partial charge in [0.25, 0.3) is 11.5 Å². The highest BCUT2D eigenvalue weighted by Gasteiger charge is 2.26. The van der Waals surface area contributed by atoms with Crippen molar-refractivity contribution in [2.75, 3.05) is 32.8 Å². The lowest BCUT2D eigenvalue weighted by Gasteiger charge is -2.26. The van der Waals surface area contributed by atoms with E-state index in [0.717, 1.165) is 0 Å². The lowest BCUT2D eigenvalue weighted by molar-refractivity contribution is 0.0730. The molecule has 1 aromatic carbocycles. The van der Waals surface area contributed by atoms with Crippen molar-refractivity contribution in [1.29, 1.82) is 0 Å². The number of pyridine rings is 1. The number of morpholine rings is 1. The molecule has 1 amide bonds. The largest absolute Gasteiger partial charge is 0.389 e. The average Bonchev–Trinajstić information content (AvgIpc) is 2.74. The lowest BCUT2D eigenvalue weighted by Crippen LogP contribution is -2.40. The second kappa shape index (κ2) is 9.31. The van der Waals surface area contributed by atoms with Crippen molar-refractivity contribution in [2.45, 2.75) is 17.5 Å². The van der Waals surface area contributed by atoms with Crippen LogP contribution in [0.15, 0.2) is 58.4 Å². The number of benzene rings is 1. The lowest BCUT2D eigenvalue weighted by atomic mass is 10.2. The first-order chi connectivity index (χ1) is 13.9. The molecule has 1 atom stereocenters. The van der Waals surface area contributed by atoms with Crippen LogP contribution in [-0.2, 0) is 21.3 Å². The predicted octanol–water partition coefficient (Wildman–Crippen LogP) is -0.340. The van der Waals surface area contributed by atoms with E-state index in [9.17, 15) is 23.1 Å². The molecule has 1 aromatic heterocycles. The molecule has 1 saturated heterocycles. The van der Waals surface area contributed by atoms with Crippen LogP contribution in [0, 0.1) is 0 Å². The Morgan fingerprint density at radius 3 is 2.48 bits per heavy atom. The zero-order chi connectivity index (χ0) is 20.9. The van der Waals surface area contributed by atoms with Crippen LogP contribution in [0.1, 0.15) is 10.4 Å². The Kier molecular flexibility index (Phi) is 6.80. The molecule has 2 heterocycles. The number of nitrogens with one attached hydrogen (secondary N) is 1. The number of carbonyl (C=O) groups is 1. The minimum absolute atomic E-state index is 0.0476. The molecule has 1 aliphatic rings. The summed E-state index contributed by atoms with van der Waals surface area (Å²) in [7, 11) is -3.62. The van der Waals surface area contributed by atoms with Gasteiger partial charge in [0, 0.05) is 37.5 Å². The van der Waals surface area contributed by atoms with E-state index in [4.69, 9.17) is 4.74 Å². The zero-order valence-corrected chi connectivity index (χ0v) is 16.5. The van der Waals surface area contributed by atoms with Crippen LogP contribution in [0.5, 0.6) is 0 Å². The molecule has 1 unspecified atom stereocenters. The van der Waals surface area contributed by atoms with Gasteiger partial charge < -0.3 is 19.7 Å². The number of aliphatic hydroxyl groups excluding tert-OH is 1. The maximum atomic E-state index is 12.6. The number of amides is 1. The SMILES string of the molecule is O=C(NCC(O)Cn1ccccc1=O)c1ccc(S(=O)(=O)N2CCOCC2)cc1. The fraction of sp³-hybridized carbons (Fsp3) is 0.368. The van der Waals surface area contributed by atoms with Crippen LogP contribution in [-0.4, -0.2) is 67.3 Å². The Morgan fingerprint density at radius 1 is 1.14 bits per heavy atom. The number of ether oxygens (including phenoxy) is 1. The Hall–Kier alpha value is -2.53. The molecule has 1 aliphatic heterocycles. The molecule has 2 N–H and O–H groups in total. The summed E-state index contributed by atoms with van der Waals surface area (Å²) >= 11 is 0. The monoisotopic (exact) mass is 421 g/mol. The quantitative estimate of drug-likeness (QED) is 0.632. The van der Waals surface area contributed by atoms with E-state index in [1.165, 1.54) is 39.2 Å². The number of carbonyl (C=O) groups excluding carboxylic acids is 1. The van der Waals surface area contributed by atoms with Gasteiger partial charge in [-0.05, 0) is 30.3 Å². The molecule has 9 nitrogen and oxygen atoms in total. The number of hydrogen-bond acceptors (Lipinski definition) is 6. The van der Waals surface area contributed by atoms with Crippen molar-refractivity contribution in [1.82, 2.24) is 14.2 Å². The van der Waals surface area contributed by atoms with Crippen LogP contribution in [0.4, 0.5) is 0 Å². The van der Waals surface area contributed by atoms with E-state index < -0.39 is 22.0 Å². The molecule has 0 saturated carbocycles. The topological polar surface area (TPSA) is 118 Å². The number of aliphatic hydroxyl groups is 1. The highest BCUT2D eigenvalue weighted by atomic mass is 32.2. The van der Waals surface area contributed by atoms with E-state index in [0.29, 0.717) is 26.3 Å². The maximum Gasteiger partial charge on any atom is 0.251 e. The first kappa shape index (κ1) is 21.2. The predicted molar refractivity (Wildman–Crippen MR) is 105 cm³/mol. The number of sulfonamides is 1. The Bertz CT molecular complexity index is 997. The van der Waals surface area contributed by atoms with Gasteiger partial charge in [0.1, 0.15) is 0 Å². The van der Waals surface area contributed by atoms with Crippen LogP contribution >= 0.6 is 0 Å². The summed E-state index contributed by atoms with van der Waals surface area (Å²) < 4.78 is 33.1. The third-order valence-corrected chi connectivity index (χ3v) is 6.44. The standard InChI is InChI=1S/C19H23N3O6S/c23-16(14-21-8-2-1-3-18(21)24)13-20-19(25)15-4-6-17(7-5-15)29(26,27)22-9-11-28-12-10-22/h1-8,16,23H,9-14H2,(H,20,25). The molecular weight excluding hydrogens is 398 g/mol. The molecule has 0 bridgehead atoms. The van der Waals surface area contributed by atoms with Gasteiger partial charge in [-0.2, -0.15) is 4.31 Å². The molecule has 2 aromatic rings. The molecule has 3 rings (SSSR count). The van der Waals surface area contributed by atoms with E-state index in [-0.39, 0.29) is 29.1 Å². The van der Waals surface area contributed by atoms with Crippen molar-refractivity contribution in [3.8, 4) is 0 Å². The maximum absolute atomic E-state index is 12.6. The van der Waals surface area contributed by atoms with Gasteiger partial charge >= 0.3 is 0 Å². The third-order valence-electron chi connectivity index (χ3n) is 4.53. The first-order valence-corrected chi connectivity index (χ1v) is 10.6. The normalized spacial score (nSPS) is 16.3. The number of hydrogen-bond donors (Lipinski definition) is 2. The van der Waals surface area contributed by atoms with Crippen molar-refractivity contribution < 1.29 is 23.1 Å². The molecule has 0 radical (unpaired) electrons. The minimum atomic E-state index is -3.62. The van der Waals surface area contributed by atoms with Crippen LogP contribution < -0.4 is 10.9 Å². The molecule has 10 heteroatoms. The Balaban J connectivity index is 1.57. The van der Waals surface area contributed by atoms with Crippen LogP contribution in [0.2, 0.25) is 0 Å². The van der Waals surface area contributed by atoms with E-state index in [1.54, 1.807) is 18.3 Å². The van der Waals surface area contributed by atoms with E-state index in [2.05, 4.69) is 5.32 Å². The Labute approximate surface area is 168 Å². The molecule has 29 heavy (non-hydrogen) atoms. The number of nitrogens with zero attached hydrogens (tertiary/aromatic N) is 2. The van der Waals surface area contributed by atoms with Crippen LogP contribution in [0.3, 0.4) is 0 Å². The van der Waals surface area contributed by atoms with E-state index in [1.807, 2.05) is 0 Å². The van der Waals surface area contributed by atoms with Gasteiger partial charge in [-0.1, -0.05) is 6.07 Å². The summed E-state index contributed by atoms with van der Waals surface area (Å²) in [5, 5.41) is 12.6. The first-order valence-electron chi connectivity index (χ1n) is 9.17. The second-order valence-electron chi connectivity index (χ2n) is 6.60. The molecule has 156 valence electrons. The zero-order valence-electron chi connectivity index (χ0n) is 15.7. The fourth-order valence-electron chi connectivity index (χ4n) is 2.93. The summed E-state index contributed by atoms with van der Waals surface area (Å²) in [6.07, 6.45) is 0.612. The smallest absolute Gasteiger partial charge is 0.251 e. The summed E-state index contributed by atoms with van der Waals surface area (Å²) in [5.74, 6) is -0.445. The van der Waals surface area contributed by atoms with Gasteiger partial charge in [0.05, 0.1) is 30.8 Å². The van der Waals surface area contributed by atoms with Crippen molar-refractivity contribution in [3.05, 3.63) is 64.6 Å². The average molecular weight is 421 g/mol. The molecule has 0 spiro atoms. The summed E-state index contributed by atoms with van der Waals surface area (Å²) in [6.45, 7) is 1.32. The van der Waals surface area contributed by atoms with Crippen LogP contribution in [0.25, 0.3) is 0 Å². The van der Waals surface area contributed by atoms with Crippen molar-refractivity contribution >= 4 is 15.9 Å². The fourth-order valence-corrected chi connectivity index (χ4v) is 4.34. The molecule has 0 aliphatic carbocycles. The molecule has 1 fully saturated rings. The van der Waals surface area contributed by atoms with Gasteiger partial charge in [0.2, 0.25) is 10.0 Å². The highest BCUT2D eigenvalue weighted by Crippen LogP contribution is 2.17. The van der Waals surface area contributed by atoms with Crippen molar-refractivity contribution in [3.63, 3.8) is 0 Å².